The zero-order valence-electron chi connectivity index (χ0n) is 16.0. The molecule has 0 N–H and O–H groups in total. The molecule has 28 heavy (non-hydrogen) atoms. The van der Waals surface area contributed by atoms with Gasteiger partial charge in [-0.2, -0.15) is 0 Å². The minimum absolute atomic E-state index is 0.0246. The van der Waals surface area contributed by atoms with Gasteiger partial charge in [0.15, 0.2) is 0 Å². The molecule has 1 fully saturated rings. The van der Waals surface area contributed by atoms with Crippen molar-refractivity contribution in [3.05, 3.63) is 54.2 Å². The maximum Gasteiger partial charge on any atom is 0.232 e. The summed E-state index contributed by atoms with van der Waals surface area (Å²) < 4.78 is 26.3. The molecule has 0 atom stereocenters. The number of aromatic nitrogens is 4. The van der Waals surface area contributed by atoms with E-state index in [4.69, 9.17) is 9.47 Å². The standard InChI is InChI=1S/C20H22FN5O2/c1-13(2)19-23-24-20(26(19)15-7-8-18(27-3)22-10-15)25-11-17(12-25)28-16-6-4-5-14(21)9-16/h4-10,13,17H,11-12H2,1-3H3. The van der Waals surface area contributed by atoms with Gasteiger partial charge >= 0.3 is 0 Å². The lowest BCUT2D eigenvalue weighted by Crippen LogP contribution is -2.54. The molecule has 1 aromatic carbocycles. The van der Waals surface area contributed by atoms with Crippen LogP contribution in [0.3, 0.4) is 0 Å². The number of benzene rings is 1. The summed E-state index contributed by atoms with van der Waals surface area (Å²) in [7, 11) is 1.59. The fraction of sp³-hybridized carbons (Fsp3) is 0.350. The highest BCUT2D eigenvalue weighted by atomic mass is 19.1. The van der Waals surface area contributed by atoms with Gasteiger partial charge in [-0.25, -0.2) is 9.37 Å². The first kappa shape index (κ1) is 18.2. The lowest BCUT2D eigenvalue weighted by molar-refractivity contribution is 0.165. The molecule has 0 aliphatic carbocycles. The number of rotatable bonds is 6. The number of hydrogen-bond donors (Lipinski definition) is 0. The summed E-state index contributed by atoms with van der Waals surface area (Å²) >= 11 is 0. The molecule has 0 radical (unpaired) electrons. The lowest BCUT2D eigenvalue weighted by atomic mass is 10.1. The molecule has 0 unspecified atom stereocenters. The number of anilines is 1. The van der Waals surface area contributed by atoms with Crippen LogP contribution in [0.15, 0.2) is 42.6 Å². The minimum atomic E-state index is -0.304. The van der Waals surface area contributed by atoms with Crippen LogP contribution in [0.1, 0.15) is 25.6 Å². The Labute approximate surface area is 162 Å². The van der Waals surface area contributed by atoms with Crippen LogP contribution >= 0.6 is 0 Å². The number of hydrogen-bond acceptors (Lipinski definition) is 6. The first-order chi connectivity index (χ1) is 13.5. The molecule has 7 nitrogen and oxygen atoms in total. The summed E-state index contributed by atoms with van der Waals surface area (Å²) in [6, 6.07) is 9.95. The van der Waals surface area contributed by atoms with Crippen LogP contribution in [-0.4, -0.2) is 46.1 Å². The molecule has 0 spiro atoms. The fourth-order valence-corrected chi connectivity index (χ4v) is 3.15. The summed E-state index contributed by atoms with van der Waals surface area (Å²) in [4.78, 5) is 6.39. The minimum Gasteiger partial charge on any atom is -0.487 e. The average Bonchev–Trinajstić information content (AvgIpc) is 3.09. The molecule has 3 aromatic rings. The fourth-order valence-electron chi connectivity index (χ4n) is 3.15. The third-order valence-corrected chi connectivity index (χ3v) is 4.61. The van der Waals surface area contributed by atoms with Gasteiger partial charge in [0.25, 0.3) is 0 Å². The van der Waals surface area contributed by atoms with Crippen molar-refractivity contribution in [2.45, 2.75) is 25.9 Å². The van der Waals surface area contributed by atoms with Crippen LogP contribution in [0.2, 0.25) is 0 Å². The maximum absolute atomic E-state index is 13.3. The van der Waals surface area contributed by atoms with E-state index in [0.29, 0.717) is 24.7 Å². The molecule has 3 heterocycles. The molecule has 146 valence electrons. The molecule has 0 amide bonds. The van der Waals surface area contributed by atoms with E-state index < -0.39 is 0 Å². The van der Waals surface area contributed by atoms with E-state index in [0.717, 1.165) is 17.5 Å². The van der Waals surface area contributed by atoms with E-state index in [9.17, 15) is 4.39 Å². The normalized spacial score (nSPS) is 14.2. The molecule has 4 rings (SSSR count). The van der Waals surface area contributed by atoms with Crippen molar-refractivity contribution in [1.29, 1.82) is 0 Å². The van der Waals surface area contributed by atoms with E-state index in [2.05, 4.69) is 33.9 Å². The Bertz CT molecular complexity index is 951. The van der Waals surface area contributed by atoms with Gasteiger partial charge in [0.1, 0.15) is 23.5 Å². The second-order valence-electron chi connectivity index (χ2n) is 7.01. The molecule has 1 saturated heterocycles. The number of ether oxygens (including phenoxy) is 2. The van der Waals surface area contributed by atoms with Gasteiger partial charge in [-0.05, 0) is 18.2 Å². The zero-order chi connectivity index (χ0) is 19.7. The van der Waals surface area contributed by atoms with Crippen LogP contribution in [0.25, 0.3) is 5.69 Å². The quantitative estimate of drug-likeness (QED) is 0.651. The van der Waals surface area contributed by atoms with Crippen molar-refractivity contribution < 1.29 is 13.9 Å². The highest BCUT2D eigenvalue weighted by Gasteiger charge is 2.33. The van der Waals surface area contributed by atoms with Crippen LogP contribution in [0.5, 0.6) is 11.6 Å². The topological polar surface area (TPSA) is 65.3 Å². The summed E-state index contributed by atoms with van der Waals surface area (Å²) in [5.74, 6) is 2.59. The van der Waals surface area contributed by atoms with E-state index in [-0.39, 0.29) is 17.8 Å². The molecule has 0 saturated carbocycles. The Kier molecular flexibility index (Phi) is 4.85. The van der Waals surface area contributed by atoms with Gasteiger partial charge in [-0.15, -0.1) is 10.2 Å². The van der Waals surface area contributed by atoms with Gasteiger partial charge in [-0.3, -0.25) is 4.57 Å². The monoisotopic (exact) mass is 383 g/mol. The summed E-state index contributed by atoms with van der Waals surface area (Å²) in [5.41, 5.74) is 0.874. The average molecular weight is 383 g/mol. The maximum atomic E-state index is 13.3. The predicted octanol–water partition coefficient (Wildman–Crippen LogP) is 3.20. The van der Waals surface area contributed by atoms with E-state index >= 15 is 0 Å². The van der Waals surface area contributed by atoms with Crippen molar-refractivity contribution in [1.82, 2.24) is 19.7 Å². The smallest absolute Gasteiger partial charge is 0.232 e. The molecular formula is C20H22FN5O2. The highest BCUT2D eigenvalue weighted by molar-refractivity contribution is 5.46. The van der Waals surface area contributed by atoms with Crippen LogP contribution in [-0.2, 0) is 0 Å². The van der Waals surface area contributed by atoms with Gasteiger partial charge in [0.05, 0.1) is 32.1 Å². The van der Waals surface area contributed by atoms with Crippen molar-refractivity contribution in [3.63, 3.8) is 0 Å². The first-order valence-corrected chi connectivity index (χ1v) is 9.18. The van der Waals surface area contributed by atoms with Crippen molar-refractivity contribution >= 4 is 5.95 Å². The number of nitrogens with zero attached hydrogens (tertiary/aromatic N) is 5. The number of methoxy groups -OCH3 is 1. The van der Waals surface area contributed by atoms with E-state index in [1.807, 2.05) is 16.7 Å². The largest absolute Gasteiger partial charge is 0.487 e. The van der Waals surface area contributed by atoms with Crippen LogP contribution < -0.4 is 14.4 Å². The molecule has 2 aromatic heterocycles. The van der Waals surface area contributed by atoms with Gasteiger partial charge in [0, 0.05) is 18.1 Å². The van der Waals surface area contributed by atoms with Gasteiger partial charge in [0.2, 0.25) is 11.8 Å². The summed E-state index contributed by atoms with van der Waals surface area (Å²) in [6.07, 6.45) is 1.72. The summed E-state index contributed by atoms with van der Waals surface area (Å²) in [6.45, 7) is 5.45. The summed E-state index contributed by atoms with van der Waals surface area (Å²) in [5, 5.41) is 8.78. The second-order valence-corrected chi connectivity index (χ2v) is 7.01. The van der Waals surface area contributed by atoms with Gasteiger partial charge in [-0.1, -0.05) is 19.9 Å². The molecule has 0 bridgehead atoms. The second kappa shape index (κ2) is 7.46. The number of halogens is 1. The van der Waals surface area contributed by atoms with Crippen molar-refractivity contribution in [3.8, 4) is 17.3 Å². The molecule has 1 aliphatic heterocycles. The SMILES string of the molecule is COc1ccc(-n2c(C(C)C)nnc2N2CC(Oc3cccc(F)c3)C2)cn1. The third kappa shape index (κ3) is 3.49. The highest BCUT2D eigenvalue weighted by Crippen LogP contribution is 2.29. The number of pyridine rings is 1. The van der Waals surface area contributed by atoms with Crippen molar-refractivity contribution in [2.24, 2.45) is 0 Å². The Balaban J connectivity index is 1.54. The molecule has 8 heteroatoms. The van der Waals surface area contributed by atoms with Crippen LogP contribution in [0, 0.1) is 5.82 Å². The van der Waals surface area contributed by atoms with E-state index in [1.54, 1.807) is 25.4 Å². The first-order valence-electron chi connectivity index (χ1n) is 9.18. The Morgan fingerprint density at radius 2 is 1.96 bits per heavy atom. The Hall–Kier alpha value is -3.16. The van der Waals surface area contributed by atoms with Crippen LogP contribution in [0.4, 0.5) is 10.3 Å². The van der Waals surface area contributed by atoms with Crippen molar-refractivity contribution in [2.75, 3.05) is 25.1 Å². The van der Waals surface area contributed by atoms with Gasteiger partial charge < -0.3 is 14.4 Å². The zero-order valence-corrected chi connectivity index (χ0v) is 16.0. The predicted molar refractivity (Wildman–Crippen MR) is 103 cm³/mol. The lowest BCUT2D eigenvalue weighted by Gasteiger charge is -2.39. The Morgan fingerprint density at radius 3 is 2.61 bits per heavy atom. The third-order valence-electron chi connectivity index (χ3n) is 4.61. The van der Waals surface area contributed by atoms with E-state index in [1.165, 1.54) is 12.1 Å². The molecule has 1 aliphatic rings. The Morgan fingerprint density at radius 1 is 1.14 bits per heavy atom. The molecular weight excluding hydrogens is 361 g/mol.